The summed E-state index contributed by atoms with van der Waals surface area (Å²) in [6, 6.07) is 11.1. The van der Waals surface area contributed by atoms with Gasteiger partial charge in [0, 0.05) is 24.2 Å². The van der Waals surface area contributed by atoms with Crippen LogP contribution >= 0.6 is 0 Å². The minimum absolute atomic E-state index is 0.0257. The number of amides is 2. The van der Waals surface area contributed by atoms with E-state index in [0.717, 1.165) is 17.7 Å². The van der Waals surface area contributed by atoms with Crippen LogP contribution in [0.4, 0.5) is 18.9 Å². The predicted molar refractivity (Wildman–Crippen MR) is 124 cm³/mol. The molecule has 1 fully saturated rings. The zero-order chi connectivity index (χ0) is 25.7. The third-order valence-electron chi connectivity index (χ3n) is 5.37. The molecule has 1 aliphatic rings. The first-order valence-electron chi connectivity index (χ1n) is 10.9. The van der Waals surface area contributed by atoms with Gasteiger partial charge in [0.25, 0.3) is 0 Å². The SMILES string of the molecule is NC(=O)c1ccc(OC(F)(F)F)c(NC(=O)CN2CCOCC2)c1-c1cnc(-c2ccccc2)cn1. The number of anilines is 1. The van der Waals surface area contributed by atoms with Crippen molar-refractivity contribution in [2.75, 3.05) is 38.2 Å². The molecule has 1 saturated heterocycles. The van der Waals surface area contributed by atoms with Gasteiger partial charge in [-0.1, -0.05) is 30.3 Å². The standard InChI is InChI=1S/C24H22F3N5O4/c25-24(26,27)36-19-7-6-16(23(28)34)21(22(19)31-20(33)14-32-8-10-35-11-9-32)18-13-29-17(12-30-18)15-4-2-1-3-5-15/h1-7,12-13H,8-11,14H2,(H2,28,34)(H,31,33). The van der Waals surface area contributed by atoms with Crippen LogP contribution in [0.5, 0.6) is 5.75 Å². The summed E-state index contributed by atoms with van der Waals surface area (Å²) in [6.07, 6.45) is -2.36. The Kier molecular flexibility index (Phi) is 7.46. The molecule has 2 heterocycles. The number of carbonyl (C=O) groups is 2. The second kappa shape index (κ2) is 10.7. The van der Waals surface area contributed by atoms with Gasteiger partial charge in [0.15, 0.2) is 5.75 Å². The fraction of sp³-hybridized carbons (Fsp3) is 0.250. The van der Waals surface area contributed by atoms with Gasteiger partial charge >= 0.3 is 6.36 Å². The molecule has 9 nitrogen and oxygen atoms in total. The van der Waals surface area contributed by atoms with Gasteiger partial charge < -0.3 is 20.5 Å². The molecule has 0 atom stereocenters. The van der Waals surface area contributed by atoms with Gasteiger partial charge in [0.05, 0.1) is 54.8 Å². The Balaban J connectivity index is 1.77. The van der Waals surface area contributed by atoms with Crippen LogP contribution in [0.1, 0.15) is 10.4 Å². The average molecular weight is 501 g/mol. The molecular formula is C24H22F3N5O4. The Morgan fingerprint density at radius 1 is 1.03 bits per heavy atom. The molecule has 0 spiro atoms. The van der Waals surface area contributed by atoms with Crippen LogP contribution in [0, 0.1) is 0 Å². The maximum Gasteiger partial charge on any atom is 0.573 e. The minimum Gasteiger partial charge on any atom is -0.404 e. The molecule has 0 aliphatic carbocycles. The number of ether oxygens (including phenoxy) is 2. The molecule has 0 unspecified atom stereocenters. The number of benzene rings is 2. The van der Waals surface area contributed by atoms with Crippen LogP contribution in [0.2, 0.25) is 0 Å². The zero-order valence-electron chi connectivity index (χ0n) is 18.9. The summed E-state index contributed by atoms with van der Waals surface area (Å²) >= 11 is 0. The summed E-state index contributed by atoms with van der Waals surface area (Å²) < 4.78 is 49.0. The van der Waals surface area contributed by atoms with Crippen molar-refractivity contribution in [1.29, 1.82) is 0 Å². The van der Waals surface area contributed by atoms with Crippen molar-refractivity contribution in [1.82, 2.24) is 14.9 Å². The van der Waals surface area contributed by atoms with E-state index in [2.05, 4.69) is 20.0 Å². The Hall–Kier alpha value is -4.03. The normalized spacial score (nSPS) is 14.3. The number of rotatable bonds is 7. The van der Waals surface area contributed by atoms with Crippen molar-refractivity contribution >= 4 is 17.5 Å². The highest BCUT2D eigenvalue weighted by atomic mass is 19.4. The number of nitrogens with two attached hydrogens (primary N) is 1. The summed E-state index contributed by atoms with van der Waals surface area (Å²) in [5.41, 5.74) is 6.13. The van der Waals surface area contributed by atoms with E-state index in [1.54, 1.807) is 4.90 Å². The summed E-state index contributed by atoms with van der Waals surface area (Å²) in [6.45, 7) is 1.73. The molecule has 188 valence electrons. The molecule has 4 rings (SSSR count). The van der Waals surface area contributed by atoms with Crippen molar-refractivity contribution in [3.63, 3.8) is 0 Å². The van der Waals surface area contributed by atoms with Crippen molar-refractivity contribution in [2.24, 2.45) is 5.73 Å². The van der Waals surface area contributed by atoms with Crippen molar-refractivity contribution in [2.45, 2.75) is 6.36 Å². The number of hydrogen-bond donors (Lipinski definition) is 2. The lowest BCUT2D eigenvalue weighted by Gasteiger charge is -2.26. The van der Waals surface area contributed by atoms with E-state index in [-0.39, 0.29) is 29.1 Å². The molecule has 0 radical (unpaired) electrons. The molecule has 0 saturated carbocycles. The maximum absolute atomic E-state index is 13.2. The molecule has 36 heavy (non-hydrogen) atoms. The first-order valence-corrected chi connectivity index (χ1v) is 10.9. The maximum atomic E-state index is 13.2. The number of aromatic nitrogens is 2. The summed E-state index contributed by atoms with van der Waals surface area (Å²) in [5, 5.41) is 2.47. The lowest BCUT2D eigenvalue weighted by Crippen LogP contribution is -2.41. The molecule has 2 amide bonds. The first kappa shape index (κ1) is 25.1. The Labute approximate surface area is 204 Å². The fourth-order valence-corrected chi connectivity index (χ4v) is 3.75. The van der Waals surface area contributed by atoms with Crippen LogP contribution in [-0.4, -0.2) is 65.9 Å². The van der Waals surface area contributed by atoms with Gasteiger partial charge in [-0.15, -0.1) is 13.2 Å². The minimum atomic E-state index is -5.06. The lowest BCUT2D eigenvalue weighted by molar-refractivity contribution is -0.274. The molecular weight excluding hydrogens is 479 g/mol. The monoisotopic (exact) mass is 501 g/mol. The Morgan fingerprint density at radius 2 is 1.69 bits per heavy atom. The Bertz CT molecular complexity index is 1230. The van der Waals surface area contributed by atoms with Crippen LogP contribution in [-0.2, 0) is 9.53 Å². The number of alkyl halides is 3. The third-order valence-corrected chi connectivity index (χ3v) is 5.37. The van der Waals surface area contributed by atoms with Crippen LogP contribution in [0.25, 0.3) is 22.5 Å². The van der Waals surface area contributed by atoms with E-state index in [1.807, 2.05) is 30.3 Å². The fourth-order valence-electron chi connectivity index (χ4n) is 3.75. The number of primary amides is 1. The molecule has 3 aromatic rings. The average Bonchev–Trinajstić information content (AvgIpc) is 2.85. The van der Waals surface area contributed by atoms with Crippen molar-refractivity contribution < 1.29 is 32.2 Å². The van der Waals surface area contributed by atoms with Gasteiger partial charge in [-0.25, -0.2) is 0 Å². The molecule has 0 bridgehead atoms. The van der Waals surface area contributed by atoms with Crippen LogP contribution < -0.4 is 15.8 Å². The highest BCUT2D eigenvalue weighted by molar-refractivity contribution is 6.07. The molecule has 2 aromatic carbocycles. The number of carbonyl (C=O) groups excluding carboxylic acids is 2. The summed E-state index contributed by atoms with van der Waals surface area (Å²) in [5.74, 6) is -2.26. The van der Waals surface area contributed by atoms with Crippen molar-refractivity contribution in [3.05, 3.63) is 60.4 Å². The number of halogens is 3. The van der Waals surface area contributed by atoms with E-state index in [9.17, 15) is 22.8 Å². The number of nitrogens with one attached hydrogen (secondary N) is 1. The third kappa shape index (κ3) is 6.15. The van der Waals surface area contributed by atoms with E-state index in [4.69, 9.17) is 10.5 Å². The van der Waals surface area contributed by atoms with Gasteiger partial charge in [0.2, 0.25) is 11.8 Å². The summed E-state index contributed by atoms with van der Waals surface area (Å²) in [7, 11) is 0. The molecule has 1 aliphatic heterocycles. The Morgan fingerprint density at radius 3 is 2.31 bits per heavy atom. The van der Waals surface area contributed by atoms with Gasteiger partial charge in [-0.05, 0) is 12.1 Å². The van der Waals surface area contributed by atoms with Crippen LogP contribution in [0.15, 0.2) is 54.9 Å². The summed E-state index contributed by atoms with van der Waals surface area (Å²) in [4.78, 5) is 35.5. The molecule has 3 N–H and O–H groups in total. The van der Waals surface area contributed by atoms with E-state index >= 15 is 0 Å². The van der Waals surface area contributed by atoms with Gasteiger partial charge in [-0.3, -0.25) is 24.5 Å². The smallest absolute Gasteiger partial charge is 0.404 e. The largest absolute Gasteiger partial charge is 0.573 e. The van der Waals surface area contributed by atoms with E-state index < -0.39 is 23.9 Å². The van der Waals surface area contributed by atoms with Crippen molar-refractivity contribution in [3.8, 4) is 28.3 Å². The number of morpholine rings is 1. The number of hydrogen-bond acceptors (Lipinski definition) is 7. The number of nitrogens with zero attached hydrogens (tertiary/aromatic N) is 3. The first-order chi connectivity index (χ1) is 17.2. The second-order valence-electron chi connectivity index (χ2n) is 7.86. The quantitative estimate of drug-likeness (QED) is 0.511. The topological polar surface area (TPSA) is 120 Å². The predicted octanol–water partition coefficient (Wildman–Crippen LogP) is 3.08. The molecule has 1 aromatic heterocycles. The van der Waals surface area contributed by atoms with E-state index in [0.29, 0.717) is 32.0 Å². The van der Waals surface area contributed by atoms with Gasteiger partial charge in [-0.2, -0.15) is 0 Å². The molecule has 12 heteroatoms. The highest BCUT2D eigenvalue weighted by Gasteiger charge is 2.34. The lowest BCUT2D eigenvalue weighted by atomic mass is 10.0. The van der Waals surface area contributed by atoms with E-state index in [1.165, 1.54) is 12.4 Å². The zero-order valence-corrected chi connectivity index (χ0v) is 18.9. The van der Waals surface area contributed by atoms with Gasteiger partial charge in [0.1, 0.15) is 0 Å². The highest BCUT2D eigenvalue weighted by Crippen LogP contribution is 2.40. The van der Waals surface area contributed by atoms with Crippen LogP contribution in [0.3, 0.4) is 0 Å². The second-order valence-corrected chi connectivity index (χ2v) is 7.86.